The fourth-order valence-electron chi connectivity index (χ4n) is 2.04. The van der Waals surface area contributed by atoms with Crippen molar-refractivity contribution in [3.8, 4) is 0 Å². The number of piperidine rings is 1. The Morgan fingerprint density at radius 3 is 2.57 bits per heavy atom. The largest absolute Gasteiger partial charge is 0.384 e. The summed E-state index contributed by atoms with van der Waals surface area (Å²) in [4.78, 5) is 2.59. The average molecular weight is 264 g/mol. The smallest absolute Gasteiger partial charge is 0.0491 e. The lowest BCUT2D eigenvalue weighted by Crippen LogP contribution is -2.35. The SMILES string of the molecule is COCC1CCN(CCCCBr)CC1. The highest BCUT2D eigenvalue weighted by Crippen LogP contribution is 2.17. The Labute approximate surface area is 96.1 Å². The molecule has 0 atom stereocenters. The minimum atomic E-state index is 0.812. The van der Waals surface area contributed by atoms with Crippen molar-refractivity contribution < 1.29 is 4.74 Å². The molecule has 0 radical (unpaired) electrons. The first kappa shape index (κ1) is 12.5. The molecule has 0 saturated carbocycles. The predicted octanol–water partition coefficient (Wildman–Crippen LogP) is 2.52. The Morgan fingerprint density at radius 2 is 2.00 bits per heavy atom. The molecule has 3 heteroatoms. The number of nitrogens with zero attached hydrogens (tertiary/aromatic N) is 1. The maximum absolute atomic E-state index is 5.19. The standard InChI is InChI=1S/C11H22BrNO/c1-14-10-11-4-8-13(9-5-11)7-3-2-6-12/h11H,2-10H2,1H3. The van der Waals surface area contributed by atoms with Gasteiger partial charge in [-0.25, -0.2) is 0 Å². The summed E-state index contributed by atoms with van der Waals surface area (Å²) in [7, 11) is 1.81. The molecule has 2 nitrogen and oxygen atoms in total. The number of hydrogen-bond acceptors (Lipinski definition) is 2. The van der Waals surface area contributed by atoms with Crippen LogP contribution in [0.5, 0.6) is 0 Å². The van der Waals surface area contributed by atoms with Crippen molar-refractivity contribution in [2.75, 3.05) is 38.7 Å². The van der Waals surface area contributed by atoms with E-state index in [1.807, 2.05) is 7.11 Å². The zero-order chi connectivity index (χ0) is 10.2. The molecular weight excluding hydrogens is 242 g/mol. The van der Waals surface area contributed by atoms with Crippen LogP contribution in [-0.4, -0.2) is 43.6 Å². The van der Waals surface area contributed by atoms with Gasteiger partial charge in [-0.05, 0) is 51.2 Å². The summed E-state index contributed by atoms with van der Waals surface area (Å²) >= 11 is 3.47. The first-order valence-electron chi connectivity index (χ1n) is 5.64. The number of methoxy groups -OCH3 is 1. The van der Waals surface area contributed by atoms with E-state index in [9.17, 15) is 0 Å². The third-order valence-corrected chi connectivity index (χ3v) is 3.53. The van der Waals surface area contributed by atoms with Crippen molar-refractivity contribution in [1.29, 1.82) is 0 Å². The molecule has 0 aromatic carbocycles. The van der Waals surface area contributed by atoms with Gasteiger partial charge in [-0.15, -0.1) is 0 Å². The lowest BCUT2D eigenvalue weighted by atomic mass is 9.98. The Bertz CT molecular complexity index is 135. The minimum Gasteiger partial charge on any atom is -0.384 e. The van der Waals surface area contributed by atoms with Crippen molar-refractivity contribution >= 4 is 15.9 Å². The fourth-order valence-corrected chi connectivity index (χ4v) is 2.44. The summed E-state index contributed by atoms with van der Waals surface area (Å²) in [5.74, 6) is 0.812. The summed E-state index contributed by atoms with van der Waals surface area (Å²) in [6, 6.07) is 0. The second-order valence-electron chi connectivity index (χ2n) is 4.14. The van der Waals surface area contributed by atoms with E-state index < -0.39 is 0 Å². The summed E-state index contributed by atoms with van der Waals surface area (Å²) in [5.41, 5.74) is 0. The molecule has 0 N–H and O–H groups in total. The Hall–Kier alpha value is 0.400. The number of unbranched alkanes of at least 4 members (excludes halogenated alkanes) is 1. The van der Waals surface area contributed by atoms with Crippen LogP contribution in [0.15, 0.2) is 0 Å². The van der Waals surface area contributed by atoms with Crippen LogP contribution >= 0.6 is 15.9 Å². The molecule has 1 saturated heterocycles. The molecule has 0 amide bonds. The molecule has 84 valence electrons. The van der Waals surface area contributed by atoms with E-state index in [0.29, 0.717) is 0 Å². The highest BCUT2D eigenvalue weighted by molar-refractivity contribution is 9.09. The van der Waals surface area contributed by atoms with Crippen LogP contribution in [0.25, 0.3) is 0 Å². The summed E-state index contributed by atoms with van der Waals surface area (Å²) in [6.07, 6.45) is 5.28. The molecule has 14 heavy (non-hydrogen) atoms. The number of ether oxygens (including phenoxy) is 1. The van der Waals surface area contributed by atoms with Crippen molar-refractivity contribution in [2.24, 2.45) is 5.92 Å². The number of alkyl halides is 1. The van der Waals surface area contributed by atoms with Crippen LogP contribution in [0.4, 0.5) is 0 Å². The van der Waals surface area contributed by atoms with Gasteiger partial charge < -0.3 is 9.64 Å². The third kappa shape index (κ3) is 4.76. The normalized spacial score (nSPS) is 20.1. The molecule has 1 rings (SSSR count). The van der Waals surface area contributed by atoms with Gasteiger partial charge in [-0.1, -0.05) is 15.9 Å². The summed E-state index contributed by atoms with van der Waals surface area (Å²) in [6.45, 7) is 4.78. The van der Waals surface area contributed by atoms with Crippen LogP contribution in [0.2, 0.25) is 0 Å². The highest BCUT2D eigenvalue weighted by Gasteiger charge is 2.18. The highest BCUT2D eigenvalue weighted by atomic mass is 79.9. The minimum absolute atomic E-state index is 0.812. The molecule has 0 aliphatic carbocycles. The Kier molecular flexibility index (Phi) is 6.82. The lowest BCUT2D eigenvalue weighted by molar-refractivity contribution is 0.0990. The first-order valence-corrected chi connectivity index (χ1v) is 6.76. The van der Waals surface area contributed by atoms with E-state index >= 15 is 0 Å². The van der Waals surface area contributed by atoms with Crippen molar-refractivity contribution in [2.45, 2.75) is 25.7 Å². The van der Waals surface area contributed by atoms with Gasteiger partial charge in [-0.3, -0.25) is 0 Å². The van der Waals surface area contributed by atoms with Gasteiger partial charge in [0.05, 0.1) is 0 Å². The van der Waals surface area contributed by atoms with E-state index in [1.54, 1.807) is 0 Å². The fraction of sp³-hybridized carbons (Fsp3) is 1.00. The van der Waals surface area contributed by atoms with E-state index in [-0.39, 0.29) is 0 Å². The molecular formula is C11H22BrNO. The molecule has 0 bridgehead atoms. The second-order valence-corrected chi connectivity index (χ2v) is 4.93. The summed E-state index contributed by atoms with van der Waals surface area (Å²) < 4.78 is 5.19. The van der Waals surface area contributed by atoms with Crippen LogP contribution in [0.3, 0.4) is 0 Å². The van der Waals surface area contributed by atoms with Gasteiger partial charge in [0, 0.05) is 19.0 Å². The molecule has 0 spiro atoms. The number of likely N-dealkylation sites (tertiary alicyclic amines) is 1. The third-order valence-electron chi connectivity index (χ3n) is 2.97. The van der Waals surface area contributed by atoms with E-state index in [0.717, 1.165) is 17.9 Å². The van der Waals surface area contributed by atoms with Gasteiger partial charge >= 0.3 is 0 Å². The van der Waals surface area contributed by atoms with Gasteiger partial charge in [0.1, 0.15) is 0 Å². The number of halogens is 1. The molecule has 0 aromatic rings. The topological polar surface area (TPSA) is 12.5 Å². The van der Waals surface area contributed by atoms with Crippen LogP contribution in [0.1, 0.15) is 25.7 Å². The molecule has 0 unspecified atom stereocenters. The van der Waals surface area contributed by atoms with E-state index in [2.05, 4.69) is 20.8 Å². The summed E-state index contributed by atoms with van der Waals surface area (Å²) in [5, 5.41) is 1.15. The maximum Gasteiger partial charge on any atom is 0.0491 e. The van der Waals surface area contributed by atoms with Crippen LogP contribution in [-0.2, 0) is 4.74 Å². The number of rotatable bonds is 6. The molecule has 0 aromatic heterocycles. The second kappa shape index (κ2) is 7.66. The maximum atomic E-state index is 5.19. The molecule has 1 aliphatic rings. The first-order chi connectivity index (χ1) is 6.86. The van der Waals surface area contributed by atoms with Gasteiger partial charge in [0.15, 0.2) is 0 Å². The zero-order valence-electron chi connectivity index (χ0n) is 9.17. The Morgan fingerprint density at radius 1 is 1.29 bits per heavy atom. The van der Waals surface area contributed by atoms with Crippen molar-refractivity contribution in [3.63, 3.8) is 0 Å². The van der Waals surface area contributed by atoms with Gasteiger partial charge in [0.2, 0.25) is 0 Å². The van der Waals surface area contributed by atoms with Crippen LogP contribution < -0.4 is 0 Å². The van der Waals surface area contributed by atoms with E-state index in [1.165, 1.54) is 45.3 Å². The number of hydrogen-bond donors (Lipinski definition) is 0. The Balaban J connectivity index is 2.03. The van der Waals surface area contributed by atoms with Crippen molar-refractivity contribution in [3.05, 3.63) is 0 Å². The molecule has 1 aliphatic heterocycles. The van der Waals surface area contributed by atoms with E-state index in [4.69, 9.17) is 4.74 Å². The predicted molar refractivity (Wildman–Crippen MR) is 64.1 cm³/mol. The zero-order valence-corrected chi connectivity index (χ0v) is 10.8. The average Bonchev–Trinajstić information content (AvgIpc) is 2.21. The van der Waals surface area contributed by atoms with Crippen LogP contribution in [0, 0.1) is 5.92 Å². The van der Waals surface area contributed by atoms with Gasteiger partial charge in [-0.2, -0.15) is 0 Å². The quantitative estimate of drug-likeness (QED) is 0.540. The lowest BCUT2D eigenvalue weighted by Gasteiger charge is -2.31. The molecule has 1 heterocycles. The van der Waals surface area contributed by atoms with Gasteiger partial charge in [0.25, 0.3) is 0 Å². The van der Waals surface area contributed by atoms with Crippen molar-refractivity contribution in [1.82, 2.24) is 4.90 Å². The monoisotopic (exact) mass is 263 g/mol. The molecule has 1 fully saturated rings.